The summed E-state index contributed by atoms with van der Waals surface area (Å²) in [6.45, 7) is 0.473. The SMILES string of the molecule is CC(F)(F)C(=O)NC1CC(=O)N(c2ccc3c(cnn3-c3ccc(F)cc3)c2)C1c1cccc(F)c1. The van der Waals surface area contributed by atoms with E-state index in [9.17, 15) is 27.2 Å². The van der Waals surface area contributed by atoms with Gasteiger partial charge in [-0.3, -0.25) is 9.59 Å². The Hall–Kier alpha value is -4.21. The van der Waals surface area contributed by atoms with Gasteiger partial charge >= 0.3 is 5.92 Å². The first-order valence-corrected chi connectivity index (χ1v) is 11.1. The van der Waals surface area contributed by atoms with Crippen molar-refractivity contribution in [3.63, 3.8) is 0 Å². The lowest BCUT2D eigenvalue weighted by molar-refractivity contribution is -0.143. The van der Waals surface area contributed by atoms with Crippen molar-refractivity contribution in [2.75, 3.05) is 4.90 Å². The Balaban J connectivity index is 1.55. The number of halogens is 4. The summed E-state index contributed by atoms with van der Waals surface area (Å²) in [6.07, 6.45) is 1.34. The number of fused-ring (bicyclic) bond motifs is 1. The molecule has 1 fully saturated rings. The number of alkyl halides is 2. The molecular weight excluding hydrogens is 476 g/mol. The molecule has 2 heterocycles. The molecule has 3 aromatic carbocycles. The Morgan fingerprint density at radius 3 is 2.42 bits per heavy atom. The predicted octanol–water partition coefficient (Wildman–Crippen LogP) is 4.92. The quantitative estimate of drug-likeness (QED) is 0.399. The van der Waals surface area contributed by atoms with Crippen LogP contribution in [0.4, 0.5) is 23.2 Å². The molecule has 36 heavy (non-hydrogen) atoms. The molecule has 184 valence electrons. The van der Waals surface area contributed by atoms with Gasteiger partial charge in [0.2, 0.25) is 5.91 Å². The summed E-state index contributed by atoms with van der Waals surface area (Å²) < 4.78 is 56.3. The van der Waals surface area contributed by atoms with Crippen LogP contribution in [0, 0.1) is 11.6 Å². The fourth-order valence-corrected chi connectivity index (χ4v) is 4.49. The molecule has 2 atom stereocenters. The number of amides is 2. The van der Waals surface area contributed by atoms with Crippen LogP contribution in [0.25, 0.3) is 16.6 Å². The van der Waals surface area contributed by atoms with E-state index < -0.39 is 35.6 Å². The van der Waals surface area contributed by atoms with E-state index >= 15 is 0 Å². The Bertz CT molecular complexity index is 1460. The average Bonchev–Trinajstić information content (AvgIpc) is 3.39. The van der Waals surface area contributed by atoms with Crippen molar-refractivity contribution >= 4 is 28.4 Å². The maximum atomic E-state index is 14.1. The van der Waals surface area contributed by atoms with Gasteiger partial charge in [-0.25, -0.2) is 13.5 Å². The van der Waals surface area contributed by atoms with Crippen LogP contribution in [0.3, 0.4) is 0 Å². The zero-order chi connectivity index (χ0) is 25.6. The molecule has 6 nitrogen and oxygen atoms in total. The zero-order valence-corrected chi connectivity index (χ0v) is 19.0. The predicted molar refractivity (Wildman–Crippen MR) is 125 cm³/mol. The number of benzene rings is 3. The molecule has 4 aromatic rings. The van der Waals surface area contributed by atoms with E-state index in [1.165, 1.54) is 35.2 Å². The van der Waals surface area contributed by atoms with E-state index in [-0.39, 0.29) is 12.2 Å². The lowest BCUT2D eigenvalue weighted by Gasteiger charge is -2.29. The second kappa shape index (κ2) is 8.78. The van der Waals surface area contributed by atoms with Gasteiger partial charge in [-0.2, -0.15) is 13.9 Å². The van der Waals surface area contributed by atoms with Crippen molar-refractivity contribution in [3.8, 4) is 5.69 Å². The van der Waals surface area contributed by atoms with E-state index in [4.69, 9.17) is 0 Å². The summed E-state index contributed by atoms with van der Waals surface area (Å²) in [6, 6.07) is 14.4. The highest BCUT2D eigenvalue weighted by atomic mass is 19.3. The molecule has 0 radical (unpaired) electrons. The number of nitrogens with zero attached hydrogens (tertiary/aromatic N) is 3. The van der Waals surface area contributed by atoms with E-state index in [2.05, 4.69) is 10.4 Å². The number of anilines is 1. The van der Waals surface area contributed by atoms with Crippen molar-refractivity contribution in [3.05, 3.63) is 90.1 Å². The van der Waals surface area contributed by atoms with Crippen molar-refractivity contribution in [1.29, 1.82) is 0 Å². The topological polar surface area (TPSA) is 67.2 Å². The minimum absolute atomic E-state index is 0.240. The molecule has 1 saturated heterocycles. The molecule has 0 saturated carbocycles. The number of carbonyl (C=O) groups is 2. The molecule has 1 aliphatic heterocycles. The molecule has 0 bridgehead atoms. The Kier molecular flexibility index (Phi) is 5.74. The maximum absolute atomic E-state index is 14.1. The number of nitrogens with one attached hydrogen (secondary N) is 1. The van der Waals surface area contributed by atoms with Crippen LogP contribution in [-0.4, -0.2) is 33.6 Å². The van der Waals surface area contributed by atoms with Crippen LogP contribution in [0.5, 0.6) is 0 Å². The average molecular weight is 496 g/mol. The minimum Gasteiger partial charge on any atom is -0.345 e. The monoisotopic (exact) mass is 496 g/mol. The van der Waals surface area contributed by atoms with Crippen LogP contribution < -0.4 is 10.2 Å². The van der Waals surface area contributed by atoms with Crippen LogP contribution in [0.2, 0.25) is 0 Å². The maximum Gasteiger partial charge on any atom is 0.321 e. The lowest BCUT2D eigenvalue weighted by Crippen LogP contribution is -2.46. The first-order chi connectivity index (χ1) is 17.1. The fourth-order valence-electron chi connectivity index (χ4n) is 4.49. The largest absolute Gasteiger partial charge is 0.345 e. The third-order valence-corrected chi connectivity index (χ3v) is 6.13. The number of aromatic nitrogens is 2. The summed E-state index contributed by atoms with van der Waals surface area (Å²) >= 11 is 0. The van der Waals surface area contributed by atoms with Crippen LogP contribution in [0.15, 0.2) is 72.9 Å². The van der Waals surface area contributed by atoms with Crippen LogP contribution >= 0.6 is 0 Å². The smallest absolute Gasteiger partial charge is 0.321 e. The second-order valence-electron chi connectivity index (χ2n) is 8.71. The minimum atomic E-state index is -3.64. The summed E-state index contributed by atoms with van der Waals surface area (Å²) in [5, 5.41) is 7.28. The third-order valence-electron chi connectivity index (χ3n) is 6.13. The van der Waals surface area contributed by atoms with Gasteiger partial charge in [0.25, 0.3) is 5.91 Å². The molecular formula is C26H20F4N4O2. The zero-order valence-electron chi connectivity index (χ0n) is 19.0. The van der Waals surface area contributed by atoms with Gasteiger partial charge in [-0.15, -0.1) is 0 Å². The highest BCUT2D eigenvalue weighted by Crippen LogP contribution is 2.39. The molecule has 0 spiro atoms. The van der Waals surface area contributed by atoms with Gasteiger partial charge in [0.15, 0.2) is 0 Å². The van der Waals surface area contributed by atoms with Crippen molar-refractivity contribution in [2.24, 2.45) is 0 Å². The van der Waals surface area contributed by atoms with Crippen molar-refractivity contribution < 1.29 is 27.2 Å². The Morgan fingerprint density at radius 2 is 1.72 bits per heavy atom. The van der Waals surface area contributed by atoms with Crippen molar-refractivity contribution in [1.82, 2.24) is 15.1 Å². The van der Waals surface area contributed by atoms with Gasteiger partial charge in [0.05, 0.1) is 29.5 Å². The van der Waals surface area contributed by atoms with Gasteiger partial charge in [0.1, 0.15) is 11.6 Å². The number of carbonyl (C=O) groups excluding carboxylic acids is 2. The first-order valence-electron chi connectivity index (χ1n) is 11.1. The standard InChI is InChI=1S/C26H20F4N4O2/c1-26(29,30)25(36)32-21-13-23(35)33(24(21)15-3-2-4-18(28)11-15)20-9-10-22-16(12-20)14-31-34(22)19-7-5-17(27)6-8-19/h2-12,14,21,24H,13H2,1H3,(H,32,36). The van der Waals surface area contributed by atoms with Gasteiger partial charge in [-0.1, -0.05) is 12.1 Å². The molecule has 10 heteroatoms. The number of rotatable bonds is 5. The summed E-state index contributed by atoms with van der Waals surface area (Å²) in [5.41, 5.74) is 2.11. The van der Waals surface area contributed by atoms with Gasteiger partial charge in [0, 0.05) is 24.4 Å². The molecule has 1 N–H and O–H groups in total. The Labute approximate surface area is 203 Å². The van der Waals surface area contributed by atoms with Crippen LogP contribution in [-0.2, 0) is 9.59 Å². The first kappa shape index (κ1) is 23.5. The third kappa shape index (κ3) is 4.30. The molecule has 2 unspecified atom stereocenters. The van der Waals surface area contributed by atoms with E-state index in [0.717, 1.165) is 0 Å². The van der Waals surface area contributed by atoms with E-state index in [1.54, 1.807) is 47.3 Å². The highest BCUT2D eigenvalue weighted by Gasteiger charge is 2.45. The molecule has 1 aliphatic rings. The molecule has 1 aromatic heterocycles. The fraction of sp³-hybridized carbons (Fsp3) is 0.192. The van der Waals surface area contributed by atoms with Gasteiger partial charge < -0.3 is 10.2 Å². The van der Waals surface area contributed by atoms with E-state index in [1.807, 2.05) is 0 Å². The summed E-state index contributed by atoms with van der Waals surface area (Å²) in [4.78, 5) is 26.5. The summed E-state index contributed by atoms with van der Waals surface area (Å²) in [5.74, 6) is -6.51. The summed E-state index contributed by atoms with van der Waals surface area (Å²) in [7, 11) is 0. The molecule has 2 amide bonds. The lowest BCUT2D eigenvalue weighted by atomic mass is 9.99. The van der Waals surface area contributed by atoms with Crippen LogP contribution in [0.1, 0.15) is 24.9 Å². The molecule has 0 aliphatic carbocycles. The Morgan fingerprint density at radius 1 is 1.00 bits per heavy atom. The number of hydrogen-bond acceptors (Lipinski definition) is 3. The number of hydrogen-bond donors (Lipinski definition) is 1. The normalized spacial score (nSPS) is 18.1. The molecule has 5 rings (SSSR count). The van der Waals surface area contributed by atoms with E-state index in [0.29, 0.717) is 34.8 Å². The highest BCUT2D eigenvalue weighted by molar-refractivity contribution is 6.00. The second-order valence-corrected chi connectivity index (χ2v) is 8.71. The van der Waals surface area contributed by atoms with Gasteiger partial charge in [-0.05, 0) is 60.2 Å². The van der Waals surface area contributed by atoms with Crippen molar-refractivity contribution in [2.45, 2.75) is 31.4 Å².